The quantitative estimate of drug-likeness (QED) is 0.809. The van der Waals surface area contributed by atoms with Gasteiger partial charge in [-0.05, 0) is 40.5 Å². The number of ketones is 1. The summed E-state index contributed by atoms with van der Waals surface area (Å²) < 4.78 is 13.5. The van der Waals surface area contributed by atoms with Crippen LogP contribution < -0.4 is 0 Å². The van der Waals surface area contributed by atoms with Crippen LogP contribution in [0.25, 0.3) is 0 Å². The van der Waals surface area contributed by atoms with E-state index in [2.05, 4.69) is 20.9 Å². The maximum atomic E-state index is 13.3. The summed E-state index contributed by atoms with van der Waals surface area (Å²) in [5.74, 6) is -0.588. The van der Waals surface area contributed by atoms with Gasteiger partial charge in [-0.15, -0.1) is 0 Å². The average molecular weight is 308 g/mol. The lowest BCUT2D eigenvalue weighted by Gasteiger charge is -2.04. The van der Waals surface area contributed by atoms with Crippen molar-refractivity contribution in [1.82, 2.24) is 4.98 Å². The van der Waals surface area contributed by atoms with Crippen LogP contribution in [0, 0.1) is 12.7 Å². The molecule has 0 aliphatic rings. The Morgan fingerprint density at radius 1 is 1.33 bits per heavy atom. The Hall–Kier alpha value is -1.55. The normalized spacial score (nSPS) is 10.4. The van der Waals surface area contributed by atoms with E-state index in [0.29, 0.717) is 11.3 Å². The summed E-state index contributed by atoms with van der Waals surface area (Å²) in [5.41, 5.74) is 2.07. The summed E-state index contributed by atoms with van der Waals surface area (Å²) >= 11 is 3.09. The number of Topliss-reactive ketones (excluding diaryl/α,β-unsaturated/α-hetero) is 1. The molecule has 4 heteroatoms. The van der Waals surface area contributed by atoms with Crippen molar-refractivity contribution in [1.29, 1.82) is 0 Å². The molecule has 0 radical (unpaired) electrons. The largest absolute Gasteiger partial charge is 0.294 e. The van der Waals surface area contributed by atoms with Crippen LogP contribution in [0.1, 0.15) is 21.6 Å². The van der Waals surface area contributed by atoms with Crippen LogP contribution in [0.5, 0.6) is 0 Å². The first kappa shape index (κ1) is 12.9. The van der Waals surface area contributed by atoms with Crippen molar-refractivity contribution in [2.75, 3.05) is 0 Å². The molecule has 0 unspecified atom stereocenters. The number of aryl methyl sites for hydroxylation is 1. The van der Waals surface area contributed by atoms with Gasteiger partial charge in [0.25, 0.3) is 0 Å². The molecule has 92 valence electrons. The molecule has 1 heterocycles. The molecular weight excluding hydrogens is 297 g/mol. The van der Waals surface area contributed by atoms with Crippen LogP contribution in [-0.2, 0) is 6.42 Å². The molecule has 0 saturated heterocycles. The van der Waals surface area contributed by atoms with Gasteiger partial charge in [0.05, 0.1) is 10.9 Å². The zero-order valence-electron chi connectivity index (χ0n) is 9.78. The second kappa shape index (κ2) is 5.40. The molecule has 0 bridgehead atoms. The molecule has 2 rings (SSSR count). The SMILES string of the molecule is Cc1ccc(CC(=O)c2cccc(F)c2Br)nc1. The molecule has 2 nitrogen and oxygen atoms in total. The van der Waals surface area contributed by atoms with Crippen LogP contribution in [0.15, 0.2) is 41.0 Å². The highest BCUT2D eigenvalue weighted by Gasteiger charge is 2.13. The number of carbonyl (C=O) groups excluding carboxylic acids is 1. The van der Waals surface area contributed by atoms with Crippen LogP contribution in [0.4, 0.5) is 4.39 Å². The molecule has 0 N–H and O–H groups in total. The van der Waals surface area contributed by atoms with Crippen molar-refractivity contribution in [3.8, 4) is 0 Å². The zero-order chi connectivity index (χ0) is 13.1. The fourth-order valence-corrected chi connectivity index (χ4v) is 2.07. The molecule has 18 heavy (non-hydrogen) atoms. The highest BCUT2D eigenvalue weighted by molar-refractivity contribution is 9.10. The van der Waals surface area contributed by atoms with Crippen LogP contribution in [0.2, 0.25) is 0 Å². The molecule has 0 saturated carbocycles. The fraction of sp³-hybridized carbons (Fsp3) is 0.143. The number of carbonyl (C=O) groups is 1. The number of pyridine rings is 1. The summed E-state index contributed by atoms with van der Waals surface area (Å²) in [6.07, 6.45) is 1.88. The first-order valence-corrected chi connectivity index (χ1v) is 6.26. The molecular formula is C14H11BrFNO. The lowest BCUT2D eigenvalue weighted by molar-refractivity contribution is 0.0990. The zero-order valence-corrected chi connectivity index (χ0v) is 11.4. The van der Waals surface area contributed by atoms with E-state index in [1.165, 1.54) is 12.1 Å². The standard InChI is InChI=1S/C14H11BrFNO/c1-9-5-6-10(17-8-9)7-13(18)11-3-2-4-12(16)14(11)15/h2-6,8H,7H2,1H3. The Bertz CT molecular complexity index is 581. The summed E-state index contributed by atoms with van der Waals surface area (Å²) in [5, 5.41) is 0. The molecule has 0 spiro atoms. The number of aromatic nitrogens is 1. The van der Waals surface area contributed by atoms with Crippen molar-refractivity contribution in [2.45, 2.75) is 13.3 Å². The average Bonchev–Trinajstić information content (AvgIpc) is 2.35. The van der Waals surface area contributed by atoms with Crippen molar-refractivity contribution in [3.05, 3.63) is 63.6 Å². The Kier molecular flexibility index (Phi) is 3.87. The van der Waals surface area contributed by atoms with Crippen molar-refractivity contribution >= 4 is 21.7 Å². The minimum absolute atomic E-state index is 0.155. The second-order valence-corrected chi connectivity index (χ2v) is 4.82. The Labute approximate surface area is 113 Å². The topological polar surface area (TPSA) is 30.0 Å². The van der Waals surface area contributed by atoms with Gasteiger partial charge < -0.3 is 0 Å². The minimum Gasteiger partial charge on any atom is -0.294 e. The van der Waals surface area contributed by atoms with E-state index in [0.717, 1.165) is 5.56 Å². The van der Waals surface area contributed by atoms with Crippen molar-refractivity contribution in [3.63, 3.8) is 0 Å². The molecule has 0 fully saturated rings. The third kappa shape index (κ3) is 2.82. The van der Waals surface area contributed by atoms with Crippen LogP contribution in [-0.4, -0.2) is 10.8 Å². The van der Waals surface area contributed by atoms with Gasteiger partial charge >= 0.3 is 0 Å². The minimum atomic E-state index is -0.433. The van der Waals surface area contributed by atoms with E-state index in [9.17, 15) is 9.18 Å². The highest BCUT2D eigenvalue weighted by Crippen LogP contribution is 2.21. The number of halogens is 2. The van der Waals surface area contributed by atoms with Gasteiger partial charge in [0.15, 0.2) is 5.78 Å². The smallest absolute Gasteiger partial charge is 0.170 e. The Morgan fingerprint density at radius 3 is 2.78 bits per heavy atom. The maximum Gasteiger partial charge on any atom is 0.170 e. The number of hydrogen-bond acceptors (Lipinski definition) is 2. The molecule has 0 amide bonds. The molecule has 1 aromatic heterocycles. The van der Waals surface area contributed by atoms with E-state index in [1.807, 2.05) is 13.0 Å². The van der Waals surface area contributed by atoms with Gasteiger partial charge in [-0.1, -0.05) is 18.2 Å². The lowest BCUT2D eigenvalue weighted by atomic mass is 10.1. The molecule has 0 aliphatic carbocycles. The van der Waals surface area contributed by atoms with E-state index in [-0.39, 0.29) is 16.7 Å². The predicted molar refractivity (Wildman–Crippen MR) is 71.1 cm³/mol. The molecule has 0 atom stereocenters. The Balaban J connectivity index is 2.22. The van der Waals surface area contributed by atoms with E-state index in [4.69, 9.17) is 0 Å². The monoisotopic (exact) mass is 307 g/mol. The summed E-state index contributed by atoms with van der Waals surface area (Å²) in [6.45, 7) is 1.93. The summed E-state index contributed by atoms with van der Waals surface area (Å²) in [7, 11) is 0. The third-order valence-electron chi connectivity index (χ3n) is 2.57. The second-order valence-electron chi connectivity index (χ2n) is 4.03. The van der Waals surface area contributed by atoms with Gasteiger partial charge in [0, 0.05) is 17.5 Å². The van der Waals surface area contributed by atoms with Crippen LogP contribution >= 0.6 is 15.9 Å². The van der Waals surface area contributed by atoms with Gasteiger partial charge in [-0.2, -0.15) is 0 Å². The fourth-order valence-electron chi connectivity index (χ4n) is 1.58. The van der Waals surface area contributed by atoms with E-state index < -0.39 is 5.82 Å². The van der Waals surface area contributed by atoms with Crippen molar-refractivity contribution < 1.29 is 9.18 Å². The van der Waals surface area contributed by atoms with Gasteiger partial charge in [0.1, 0.15) is 5.82 Å². The summed E-state index contributed by atoms with van der Waals surface area (Å²) in [6, 6.07) is 8.14. The summed E-state index contributed by atoms with van der Waals surface area (Å²) in [4.78, 5) is 16.2. The maximum absolute atomic E-state index is 13.3. The lowest BCUT2D eigenvalue weighted by Crippen LogP contribution is -2.06. The molecule has 1 aromatic carbocycles. The number of benzene rings is 1. The van der Waals surface area contributed by atoms with E-state index in [1.54, 1.807) is 18.3 Å². The predicted octanol–water partition coefficient (Wildman–Crippen LogP) is 3.72. The molecule has 0 aliphatic heterocycles. The van der Waals surface area contributed by atoms with Gasteiger partial charge in [-0.25, -0.2) is 4.39 Å². The third-order valence-corrected chi connectivity index (χ3v) is 3.37. The number of nitrogens with zero attached hydrogens (tertiary/aromatic N) is 1. The first-order valence-electron chi connectivity index (χ1n) is 5.46. The number of hydrogen-bond donors (Lipinski definition) is 0. The molecule has 2 aromatic rings. The first-order chi connectivity index (χ1) is 8.58. The Morgan fingerprint density at radius 2 is 2.11 bits per heavy atom. The van der Waals surface area contributed by atoms with Gasteiger partial charge in [-0.3, -0.25) is 9.78 Å². The van der Waals surface area contributed by atoms with Crippen molar-refractivity contribution in [2.24, 2.45) is 0 Å². The van der Waals surface area contributed by atoms with E-state index >= 15 is 0 Å². The van der Waals surface area contributed by atoms with Gasteiger partial charge in [0.2, 0.25) is 0 Å². The highest BCUT2D eigenvalue weighted by atomic mass is 79.9. The number of rotatable bonds is 3. The van der Waals surface area contributed by atoms with Crippen LogP contribution in [0.3, 0.4) is 0 Å².